The topological polar surface area (TPSA) is 75.4 Å². The number of aromatic nitrogens is 1. The van der Waals surface area contributed by atoms with E-state index >= 15 is 0 Å². The summed E-state index contributed by atoms with van der Waals surface area (Å²) in [5.41, 5.74) is 0.656. The highest BCUT2D eigenvalue weighted by molar-refractivity contribution is 7.18. The highest BCUT2D eigenvalue weighted by Crippen LogP contribution is 2.30. The Morgan fingerprint density at radius 3 is 2.77 bits per heavy atom. The fourth-order valence-electron chi connectivity index (χ4n) is 2.11. The lowest BCUT2D eigenvalue weighted by molar-refractivity contribution is 0.0660. The van der Waals surface area contributed by atoms with Gasteiger partial charge in [-0.3, -0.25) is 5.32 Å². The molecule has 0 aliphatic rings. The first-order valence-electron chi connectivity index (χ1n) is 6.89. The van der Waals surface area contributed by atoms with Gasteiger partial charge in [-0.25, -0.2) is 9.78 Å². The first-order chi connectivity index (χ1) is 10.5. The molecule has 114 valence electrons. The van der Waals surface area contributed by atoms with E-state index < -0.39 is 5.97 Å². The highest BCUT2D eigenvalue weighted by Gasteiger charge is 2.24. The van der Waals surface area contributed by atoms with Crippen molar-refractivity contribution in [3.8, 4) is 0 Å². The fourth-order valence-corrected chi connectivity index (χ4v) is 3.16. The number of rotatable bonds is 5. The van der Waals surface area contributed by atoms with Crippen LogP contribution in [-0.2, 0) is 12.1 Å². The molecule has 0 fully saturated rings. The monoisotopic (exact) mass is 316 g/mol. The van der Waals surface area contributed by atoms with Crippen LogP contribution < -0.4 is 5.32 Å². The second kappa shape index (κ2) is 5.55. The van der Waals surface area contributed by atoms with E-state index in [1.807, 2.05) is 32.0 Å². The Hall–Kier alpha value is -2.18. The summed E-state index contributed by atoms with van der Waals surface area (Å²) in [5, 5.41) is 13.2. The molecule has 0 amide bonds. The van der Waals surface area contributed by atoms with Crippen molar-refractivity contribution >= 4 is 27.5 Å². The zero-order valence-electron chi connectivity index (χ0n) is 12.3. The Balaban J connectivity index is 1.75. The minimum Gasteiger partial charge on any atom is -0.475 e. The Bertz CT molecular complexity index is 787. The molecule has 0 atom stereocenters. The first kappa shape index (κ1) is 14.7. The second-order valence-electron chi connectivity index (χ2n) is 5.54. The third-order valence-electron chi connectivity index (χ3n) is 3.41. The van der Waals surface area contributed by atoms with E-state index in [1.165, 1.54) is 6.07 Å². The SMILES string of the molecule is CC(C)(NCc1ccc(C(=O)O)o1)c1nc2ccccc2s1. The zero-order chi connectivity index (χ0) is 15.7. The summed E-state index contributed by atoms with van der Waals surface area (Å²) < 4.78 is 6.41. The van der Waals surface area contributed by atoms with Crippen LogP contribution in [0.2, 0.25) is 0 Å². The molecule has 0 aliphatic heterocycles. The summed E-state index contributed by atoms with van der Waals surface area (Å²) in [6, 6.07) is 11.2. The normalized spacial score (nSPS) is 11.9. The molecule has 5 nitrogen and oxygen atoms in total. The lowest BCUT2D eigenvalue weighted by Crippen LogP contribution is -2.35. The van der Waals surface area contributed by atoms with Crippen molar-refractivity contribution < 1.29 is 14.3 Å². The maximum absolute atomic E-state index is 10.8. The Morgan fingerprint density at radius 1 is 1.32 bits per heavy atom. The van der Waals surface area contributed by atoms with E-state index in [0.29, 0.717) is 12.3 Å². The van der Waals surface area contributed by atoms with Crippen molar-refractivity contribution in [3.63, 3.8) is 0 Å². The van der Waals surface area contributed by atoms with Gasteiger partial charge in [-0.05, 0) is 38.1 Å². The quantitative estimate of drug-likeness (QED) is 0.752. The van der Waals surface area contributed by atoms with Crippen LogP contribution in [0.4, 0.5) is 0 Å². The van der Waals surface area contributed by atoms with Crippen LogP contribution >= 0.6 is 11.3 Å². The second-order valence-corrected chi connectivity index (χ2v) is 6.57. The number of furan rings is 1. The van der Waals surface area contributed by atoms with E-state index in [4.69, 9.17) is 9.52 Å². The molecule has 2 heterocycles. The van der Waals surface area contributed by atoms with Crippen LogP contribution in [0.25, 0.3) is 10.2 Å². The van der Waals surface area contributed by atoms with E-state index in [1.54, 1.807) is 17.4 Å². The highest BCUT2D eigenvalue weighted by atomic mass is 32.1. The maximum atomic E-state index is 10.8. The van der Waals surface area contributed by atoms with Crippen LogP contribution in [0.1, 0.15) is 35.2 Å². The standard InChI is InChI=1S/C16H16N2O3S/c1-16(2,15-18-11-5-3-4-6-13(11)22-15)17-9-10-7-8-12(21-10)14(19)20/h3-8,17H,9H2,1-2H3,(H,19,20). The van der Waals surface area contributed by atoms with Crippen LogP contribution in [0.15, 0.2) is 40.8 Å². The van der Waals surface area contributed by atoms with Gasteiger partial charge in [0.05, 0.1) is 22.3 Å². The van der Waals surface area contributed by atoms with E-state index in [-0.39, 0.29) is 11.3 Å². The van der Waals surface area contributed by atoms with Gasteiger partial charge in [-0.2, -0.15) is 0 Å². The summed E-state index contributed by atoms with van der Waals surface area (Å²) in [7, 11) is 0. The third kappa shape index (κ3) is 2.88. The van der Waals surface area contributed by atoms with Crippen molar-refractivity contribution in [2.75, 3.05) is 0 Å². The number of carbonyl (C=O) groups is 1. The minimum atomic E-state index is -1.06. The molecule has 3 aromatic rings. The summed E-state index contributed by atoms with van der Waals surface area (Å²) in [6.45, 7) is 4.54. The summed E-state index contributed by atoms with van der Waals surface area (Å²) >= 11 is 1.65. The third-order valence-corrected chi connectivity index (χ3v) is 4.77. The molecule has 0 saturated heterocycles. The van der Waals surface area contributed by atoms with Gasteiger partial charge in [0.1, 0.15) is 10.8 Å². The lowest BCUT2D eigenvalue weighted by Gasteiger charge is -2.23. The number of carboxylic acid groups (broad SMARTS) is 1. The van der Waals surface area contributed by atoms with Crippen LogP contribution in [0.5, 0.6) is 0 Å². The average molecular weight is 316 g/mol. The maximum Gasteiger partial charge on any atom is 0.371 e. The number of hydrogen-bond acceptors (Lipinski definition) is 5. The molecular formula is C16H16N2O3S. The number of carboxylic acids is 1. The molecule has 6 heteroatoms. The number of nitrogens with one attached hydrogen (secondary N) is 1. The predicted molar refractivity (Wildman–Crippen MR) is 85.2 cm³/mol. The Labute approximate surface area is 131 Å². The molecule has 1 aromatic carbocycles. The Morgan fingerprint density at radius 2 is 2.09 bits per heavy atom. The molecular weight excluding hydrogens is 300 g/mol. The number of hydrogen-bond donors (Lipinski definition) is 2. The van der Waals surface area contributed by atoms with Gasteiger partial charge in [-0.15, -0.1) is 11.3 Å². The molecule has 2 N–H and O–H groups in total. The molecule has 0 spiro atoms. The molecule has 3 rings (SSSR count). The van der Waals surface area contributed by atoms with Crippen LogP contribution in [0, 0.1) is 0 Å². The van der Waals surface area contributed by atoms with E-state index in [0.717, 1.165) is 15.2 Å². The summed E-state index contributed by atoms with van der Waals surface area (Å²) in [5.74, 6) is -0.516. The molecule has 0 saturated carbocycles. The molecule has 22 heavy (non-hydrogen) atoms. The van der Waals surface area contributed by atoms with Gasteiger partial charge >= 0.3 is 5.97 Å². The smallest absolute Gasteiger partial charge is 0.371 e. The van der Waals surface area contributed by atoms with E-state index in [9.17, 15) is 4.79 Å². The van der Waals surface area contributed by atoms with E-state index in [2.05, 4.69) is 16.4 Å². The van der Waals surface area contributed by atoms with Gasteiger partial charge in [0.25, 0.3) is 0 Å². The van der Waals surface area contributed by atoms with Crippen molar-refractivity contribution in [1.29, 1.82) is 0 Å². The largest absolute Gasteiger partial charge is 0.475 e. The van der Waals surface area contributed by atoms with Crippen LogP contribution in [-0.4, -0.2) is 16.1 Å². The average Bonchev–Trinajstić information content (AvgIpc) is 3.12. The number of aromatic carboxylic acids is 1. The molecule has 0 bridgehead atoms. The fraction of sp³-hybridized carbons (Fsp3) is 0.250. The van der Waals surface area contributed by atoms with Crippen molar-refractivity contribution in [2.24, 2.45) is 0 Å². The predicted octanol–water partition coefficient (Wildman–Crippen LogP) is 3.61. The van der Waals surface area contributed by atoms with Gasteiger partial charge in [0, 0.05) is 0 Å². The molecule has 0 radical (unpaired) electrons. The van der Waals surface area contributed by atoms with Crippen molar-refractivity contribution in [3.05, 3.63) is 52.9 Å². The zero-order valence-corrected chi connectivity index (χ0v) is 13.1. The van der Waals surface area contributed by atoms with Crippen molar-refractivity contribution in [2.45, 2.75) is 25.9 Å². The van der Waals surface area contributed by atoms with Gasteiger partial charge < -0.3 is 9.52 Å². The number of benzene rings is 1. The Kier molecular flexibility index (Phi) is 3.72. The lowest BCUT2D eigenvalue weighted by atomic mass is 10.1. The van der Waals surface area contributed by atoms with Crippen molar-refractivity contribution in [1.82, 2.24) is 10.3 Å². The number of fused-ring (bicyclic) bond motifs is 1. The summed E-state index contributed by atoms with van der Waals surface area (Å²) in [6.07, 6.45) is 0. The number of nitrogens with zero attached hydrogens (tertiary/aromatic N) is 1. The number of para-hydroxylation sites is 1. The molecule has 2 aromatic heterocycles. The van der Waals surface area contributed by atoms with Gasteiger partial charge in [0.2, 0.25) is 5.76 Å². The first-order valence-corrected chi connectivity index (χ1v) is 7.70. The van der Waals surface area contributed by atoms with Crippen LogP contribution in [0.3, 0.4) is 0 Å². The minimum absolute atomic E-state index is 0.0467. The van der Waals surface area contributed by atoms with Gasteiger partial charge in [-0.1, -0.05) is 12.1 Å². The summed E-state index contributed by atoms with van der Waals surface area (Å²) in [4.78, 5) is 15.5. The molecule has 0 unspecified atom stereocenters. The van der Waals surface area contributed by atoms with Gasteiger partial charge in [0.15, 0.2) is 0 Å². The number of thiazole rings is 1. The molecule has 0 aliphatic carbocycles.